The van der Waals surface area contributed by atoms with E-state index in [1.807, 2.05) is 17.9 Å². The molecule has 1 aliphatic heterocycles. The van der Waals surface area contributed by atoms with Crippen molar-refractivity contribution in [3.63, 3.8) is 0 Å². The van der Waals surface area contributed by atoms with E-state index in [2.05, 4.69) is 9.36 Å². The molecule has 0 N–H and O–H groups in total. The van der Waals surface area contributed by atoms with Crippen LogP contribution in [0.3, 0.4) is 0 Å². The summed E-state index contributed by atoms with van der Waals surface area (Å²) in [5, 5.41) is 9.80. The molecule has 0 aliphatic carbocycles. The molecule has 0 unspecified atom stereocenters. The number of aryl methyl sites for hydroxylation is 1. The summed E-state index contributed by atoms with van der Waals surface area (Å²) < 4.78 is 44.1. The molecule has 0 bridgehead atoms. The zero-order valence-corrected chi connectivity index (χ0v) is 14.4. The van der Waals surface area contributed by atoms with Gasteiger partial charge >= 0.3 is 6.18 Å². The number of benzene rings is 1. The van der Waals surface area contributed by atoms with Crippen LogP contribution in [-0.2, 0) is 12.6 Å². The smallest absolute Gasteiger partial charge is 0.367 e. The predicted molar refractivity (Wildman–Crippen MR) is 89.9 cm³/mol. The molecule has 0 atom stereocenters. The van der Waals surface area contributed by atoms with Crippen LogP contribution in [0.2, 0.25) is 0 Å². The normalized spacial score (nSPS) is 15.3. The van der Waals surface area contributed by atoms with Crippen LogP contribution in [0.25, 0.3) is 0 Å². The minimum absolute atomic E-state index is 0.0673. The highest BCUT2D eigenvalue weighted by Gasteiger charge is 2.35. The van der Waals surface area contributed by atoms with Crippen LogP contribution in [0.5, 0.6) is 0 Å². The summed E-state index contributed by atoms with van der Waals surface area (Å²) >= 11 is 1.31. The first-order chi connectivity index (χ1) is 11.9. The van der Waals surface area contributed by atoms with Gasteiger partial charge < -0.3 is 9.80 Å². The van der Waals surface area contributed by atoms with Crippen LogP contribution < -0.4 is 9.80 Å². The van der Waals surface area contributed by atoms with E-state index in [9.17, 15) is 13.2 Å². The molecule has 2 aromatic rings. The lowest BCUT2D eigenvalue weighted by Gasteiger charge is -2.36. The number of nitriles is 1. The molecule has 132 valence electrons. The molecule has 1 fully saturated rings. The van der Waals surface area contributed by atoms with E-state index in [1.54, 1.807) is 4.90 Å². The first-order valence-electron chi connectivity index (χ1n) is 7.86. The molecule has 1 aromatic carbocycles. The maximum Gasteiger partial charge on any atom is 0.418 e. The zero-order chi connectivity index (χ0) is 18.0. The van der Waals surface area contributed by atoms with Crippen LogP contribution in [0.4, 0.5) is 24.0 Å². The summed E-state index contributed by atoms with van der Waals surface area (Å²) in [4.78, 5) is 8.15. The van der Waals surface area contributed by atoms with Gasteiger partial charge in [-0.05, 0) is 18.2 Å². The molecule has 5 nitrogen and oxygen atoms in total. The Kier molecular flexibility index (Phi) is 4.81. The van der Waals surface area contributed by atoms with Gasteiger partial charge in [-0.2, -0.15) is 22.8 Å². The quantitative estimate of drug-likeness (QED) is 0.833. The van der Waals surface area contributed by atoms with Gasteiger partial charge in [0.2, 0.25) is 5.13 Å². The van der Waals surface area contributed by atoms with Crippen LogP contribution in [0.1, 0.15) is 23.9 Å². The summed E-state index contributed by atoms with van der Waals surface area (Å²) in [6.45, 7) is 3.96. The summed E-state index contributed by atoms with van der Waals surface area (Å²) in [5.74, 6) is 0.781. The highest BCUT2D eigenvalue weighted by molar-refractivity contribution is 7.09. The largest absolute Gasteiger partial charge is 0.418 e. The number of nitrogens with zero attached hydrogens (tertiary/aromatic N) is 5. The van der Waals surface area contributed by atoms with Gasteiger partial charge in [0.05, 0.1) is 22.9 Å². The van der Waals surface area contributed by atoms with Crippen molar-refractivity contribution in [3.8, 4) is 6.07 Å². The second kappa shape index (κ2) is 6.88. The Morgan fingerprint density at radius 3 is 2.44 bits per heavy atom. The maximum absolute atomic E-state index is 13.3. The highest BCUT2D eigenvalue weighted by Crippen LogP contribution is 2.37. The van der Waals surface area contributed by atoms with Gasteiger partial charge in [-0.15, -0.1) is 0 Å². The first-order valence-corrected chi connectivity index (χ1v) is 8.63. The molecule has 1 aromatic heterocycles. The summed E-state index contributed by atoms with van der Waals surface area (Å²) in [6, 6.07) is 5.42. The SMILES string of the molecule is CCc1nsc(N2CCN(c3cc(C#N)ccc3C(F)(F)F)CC2)n1. The Balaban J connectivity index is 1.79. The van der Waals surface area contributed by atoms with E-state index in [0.29, 0.717) is 26.2 Å². The lowest BCUT2D eigenvalue weighted by atomic mass is 10.1. The van der Waals surface area contributed by atoms with Crippen molar-refractivity contribution in [2.24, 2.45) is 0 Å². The summed E-state index contributed by atoms with van der Waals surface area (Å²) in [7, 11) is 0. The van der Waals surface area contributed by atoms with Gasteiger partial charge in [0.25, 0.3) is 0 Å². The van der Waals surface area contributed by atoms with Gasteiger partial charge in [-0.3, -0.25) is 0 Å². The molecular formula is C16H16F3N5S. The van der Waals surface area contributed by atoms with Gasteiger partial charge in [-0.25, -0.2) is 4.98 Å². The Morgan fingerprint density at radius 2 is 1.88 bits per heavy atom. The summed E-state index contributed by atoms with van der Waals surface area (Å²) in [5.41, 5.74) is -0.413. The van der Waals surface area contributed by atoms with E-state index < -0.39 is 11.7 Å². The molecule has 1 aliphatic rings. The molecule has 0 amide bonds. The van der Waals surface area contributed by atoms with Crippen LogP contribution in [0.15, 0.2) is 18.2 Å². The molecule has 0 saturated carbocycles. The number of anilines is 2. The molecule has 3 rings (SSSR count). The predicted octanol–water partition coefficient (Wildman–Crippen LogP) is 3.32. The van der Waals surface area contributed by atoms with Gasteiger partial charge in [0, 0.05) is 44.1 Å². The fourth-order valence-electron chi connectivity index (χ4n) is 2.76. The van der Waals surface area contributed by atoms with Gasteiger partial charge in [-0.1, -0.05) is 6.92 Å². The number of alkyl halides is 3. The van der Waals surface area contributed by atoms with E-state index in [1.165, 1.54) is 23.7 Å². The van der Waals surface area contributed by atoms with Crippen molar-refractivity contribution in [2.75, 3.05) is 36.0 Å². The minimum Gasteiger partial charge on any atom is -0.367 e. The second-order valence-corrected chi connectivity index (χ2v) is 6.39. The van der Waals surface area contributed by atoms with Crippen molar-refractivity contribution in [1.82, 2.24) is 9.36 Å². The molecule has 0 spiro atoms. The fraction of sp³-hybridized carbons (Fsp3) is 0.438. The van der Waals surface area contributed by atoms with Crippen LogP contribution in [0, 0.1) is 11.3 Å². The molecule has 1 saturated heterocycles. The monoisotopic (exact) mass is 367 g/mol. The number of halogens is 3. The fourth-order valence-corrected chi connectivity index (χ4v) is 3.56. The third-order valence-corrected chi connectivity index (χ3v) is 4.91. The molecule has 2 heterocycles. The lowest BCUT2D eigenvalue weighted by molar-refractivity contribution is -0.137. The van der Waals surface area contributed by atoms with E-state index in [-0.39, 0.29) is 11.3 Å². The summed E-state index contributed by atoms with van der Waals surface area (Å²) in [6.07, 6.45) is -3.69. The van der Waals surface area contributed by atoms with Crippen molar-refractivity contribution in [1.29, 1.82) is 5.26 Å². The molecular weight excluding hydrogens is 351 g/mol. The van der Waals surface area contributed by atoms with Crippen molar-refractivity contribution < 1.29 is 13.2 Å². The standard InChI is InChI=1S/C16H16F3N5S/c1-2-14-21-15(25-22-14)24-7-5-23(6-8-24)13-9-11(10-20)3-4-12(13)16(17,18)19/h3-4,9H,2,5-8H2,1H3. The van der Waals surface area contributed by atoms with Crippen molar-refractivity contribution in [2.45, 2.75) is 19.5 Å². The Bertz CT molecular complexity index is 788. The number of aromatic nitrogens is 2. The van der Waals surface area contributed by atoms with E-state index in [4.69, 9.17) is 5.26 Å². The average Bonchev–Trinajstić information content (AvgIpc) is 3.09. The van der Waals surface area contributed by atoms with Crippen LogP contribution in [-0.4, -0.2) is 35.5 Å². The van der Waals surface area contributed by atoms with E-state index >= 15 is 0 Å². The third-order valence-electron chi connectivity index (χ3n) is 4.10. The van der Waals surface area contributed by atoms with Gasteiger partial charge in [0.1, 0.15) is 5.82 Å². The molecule has 25 heavy (non-hydrogen) atoms. The van der Waals surface area contributed by atoms with E-state index in [0.717, 1.165) is 23.4 Å². The second-order valence-electron chi connectivity index (χ2n) is 5.66. The van der Waals surface area contributed by atoms with Crippen molar-refractivity contribution >= 4 is 22.4 Å². The first kappa shape index (κ1) is 17.5. The van der Waals surface area contributed by atoms with Gasteiger partial charge in [0.15, 0.2) is 0 Å². The number of piperazine rings is 1. The molecule has 9 heteroatoms. The lowest BCUT2D eigenvalue weighted by Crippen LogP contribution is -2.47. The zero-order valence-electron chi connectivity index (χ0n) is 13.5. The minimum atomic E-state index is -4.45. The Morgan fingerprint density at radius 1 is 1.20 bits per heavy atom. The third kappa shape index (κ3) is 3.69. The topological polar surface area (TPSA) is 56.1 Å². The van der Waals surface area contributed by atoms with Crippen molar-refractivity contribution in [3.05, 3.63) is 35.2 Å². The maximum atomic E-state index is 13.3. The van der Waals surface area contributed by atoms with Crippen LogP contribution >= 0.6 is 11.5 Å². The average molecular weight is 367 g/mol. The Hall–Kier alpha value is -2.34. The molecule has 0 radical (unpaired) electrons. The Labute approximate surface area is 147 Å². The number of hydrogen-bond donors (Lipinski definition) is 0. The number of hydrogen-bond acceptors (Lipinski definition) is 6. The number of rotatable bonds is 3. The highest BCUT2D eigenvalue weighted by atomic mass is 32.1.